The van der Waals surface area contributed by atoms with Crippen molar-refractivity contribution < 1.29 is 19.5 Å². The highest BCUT2D eigenvalue weighted by Crippen LogP contribution is 2.33. The van der Waals surface area contributed by atoms with Crippen LogP contribution in [0.25, 0.3) is 0 Å². The number of hydrogen-bond donors (Lipinski definition) is 7. The first-order chi connectivity index (χ1) is 21.5. The molecule has 44 heavy (non-hydrogen) atoms. The van der Waals surface area contributed by atoms with Crippen molar-refractivity contribution >= 4 is 29.6 Å². The molecule has 4 aliphatic heterocycles. The van der Waals surface area contributed by atoms with Gasteiger partial charge in [-0.3, -0.25) is 19.4 Å². The number of unbranched alkanes of at least 4 members (excludes halogenated alkanes) is 1. The lowest BCUT2D eigenvalue weighted by Crippen LogP contribution is -2.53. The Labute approximate surface area is 268 Å². The molecule has 5 atom stereocenters. The predicted molar refractivity (Wildman–Crippen MR) is 176 cm³/mol. The van der Waals surface area contributed by atoms with E-state index in [9.17, 15) is 19.5 Å². The van der Waals surface area contributed by atoms with E-state index in [1.165, 1.54) is 12.8 Å². The second kappa shape index (κ2) is 19.8. The predicted octanol–water partition coefficient (Wildman–Crippen LogP) is 0.215. The SMILES string of the molecule is O=C(CCCC[C@H]1SC[C@H]2NC(=O)N[C@H]21)NCCNC(=O)CC(C(O)CN1CCCCCNCC1)N1CCCCCNCC1. The summed E-state index contributed by atoms with van der Waals surface area (Å²) >= 11 is 1.90. The fraction of sp³-hybridized carbons (Fsp3) is 0.903. The molecular formula is C31H58N8O4S. The summed E-state index contributed by atoms with van der Waals surface area (Å²) in [6.07, 6.45) is 9.75. The van der Waals surface area contributed by atoms with Crippen LogP contribution in [0.1, 0.15) is 70.6 Å². The molecule has 2 unspecified atom stereocenters. The minimum Gasteiger partial charge on any atom is -0.390 e. The van der Waals surface area contributed by atoms with E-state index in [0.29, 0.717) is 31.3 Å². The summed E-state index contributed by atoms with van der Waals surface area (Å²) < 4.78 is 0. The van der Waals surface area contributed by atoms with Crippen molar-refractivity contribution in [1.82, 2.24) is 41.7 Å². The fourth-order valence-corrected chi connectivity index (χ4v) is 8.42. The second-order valence-corrected chi connectivity index (χ2v) is 14.1. The zero-order valence-electron chi connectivity index (χ0n) is 26.6. The number of aliphatic hydroxyl groups is 1. The van der Waals surface area contributed by atoms with Crippen LogP contribution in [0.2, 0.25) is 0 Å². The van der Waals surface area contributed by atoms with Crippen molar-refractivity contribution in [3.63, 3.8) is 0 Å². The molecule has 4 rings (SSSR count). The number of urea groups is 1. The quantitative estimate of drug-likeness (QED) is 0.105. The molecule has 4 heterocycles. The van der Waals surface area contributed by atoms with Crippen LogP contribution in [0, 0.1) is 0 Å². The monoisotopic (exact) mass is 638 g/mol. The van der Waals surface area contributed by atoms with Crippen LogP contribution in [0.5, 0.6) is 0 Å². The van der Waals surface area contributed by atoms with Crippen molar-refractivity contribution in [2.24, 2.45) is 0 Å². The lowest BCUT2D eigenvalue weighted by atomic mass is 10.0. The molecule has 0 radical (unpaired) electrons. The smallest absolute Gasteiger partial charge is 0.315 e. The van der Waals surface area contributed by atoms with Gasteiger partial charge < -0.3 is 37.0 Å². The van der Waals surface area contributed by atoms with Gasteiger partial charge in [0.1, 0.15) is 0 Å². The molecule has 0 aliphatic carbocycles. The van der Waals surface area contributed by atoms with Crippen LogP contribution in [0.3, 0.4) is 0 Å². The summed E-state index contributed by atoms with van der Waals surface area (Å²) in [5.74, 6) is 0.872. The number of amides is 4. The number of hydrogen-bond acceptors (Lipinski definition) is 9. The lowest BCUT2D eigenvalue weighted by molar-refractivity contribution is -0.124. The van der Waals surface area contributed by atoms with Crippen molar-refractivity contribution in [2.45, 2.75) is 100 Å². The van der Waals surface area contributed by atoms with E-state index in [1.54, 1.807) is 0 Å². The third-order valence-corrected chi connectivity index (χ3v) is 10.9. The Morgan fingerprint density at radius 3 is 2.39 bits per heavy atom. The maximum Gasteiger partial charge on any atom is 0.315 e. The molecule has 4 aliphatic rings. The van der Waals surface area contributed by atoms with E-state index in [1.807, 2.05) is 11.8 Å². The average Bonchev–Trinajstić information content (AvgIpc) is 3.62. The molecule has 0 aromatic carbocycles. The molecule has 4 saturated heterocycles. The normalized spacial score (nSPS) is 27.2. The van der Waals surface area contributed by atoms with Gasteiger partial charge in [0.2, 0.25) is 11.8 Å². The van der Waals surface area contributed by atoms with E-state index in [-0.39, 0.29) is 42.4 Å². The number of carbonyl (C=O) groups is 3. The Morgan fingerprint density at radius 1 is 0.864 bits per heavy atom. The second-order valence-electron chi connectivity index (χ2n) is 12.9. The van der Waals surface area contributed by atoms with Gasteiger partial charge in [-0.15, -0.1) is 0 Å². The minimum absolute atomic E-state index is 0.00284. The number of β-amino-alcohol motifs (C(OH)–C–C–N with tert-alkyl or cyclic N) is 1. The highest BCUT2D eigenvalue weighted by Gasteiger charge is 2.42. The Balaban J connectivity index is 1.16. The molecule has 4 amide bonds. The van der Waals surface area contributed by atoms with Crippen LogP contribution in [-0.2, 0) is 9.59 Å². The van der Waals surface area contributed by atoms with Crippen molar-refractivity contribution in [3.8, 4) is 0 Å². The Kier molecular flexibility index (Phi) is 15.8. The maximum atomic E-state index is 13.1. The molecule has 4 fully saturated rings. The Hall–Kier alpha value is -1.64. The summed E-state index contributed by atoms with van der Waals surface area (Å²) in [4.78, 5) is 41.7. The van der Waals surface area contributed by atoms with Gasteiger partial charge in [-0.2, -0.15) is 11.8 Å². The van der Waals surface area contributed by atoms with E-state index < -0.39 is 6.10 Å². The molecule has 7 N–H and O–H groups in total. The highest BCUT2D eigenvalue weighted by atomic mass is 32.2. The van der Waals surface area contributed by atoms with Crippen molar-refractivity contribution in [3.05, 3.63) is 0 Å². The van der Waals surface area contributed by atoms with Crippen LogP contribution >= 0.6 is 11.8 Å². The van der Waals surface area contributed by atoms with Crippen LogP contribution < -0.4 is 31.9 Å². The number of rotatable bonds is 14. The minimum atomic E-state index is -0.614. The first kappa shape index (κ1) is 35.2. The summed E-state index contributed by atoms with van der Waals surface area (Å²) in [6, 6.07) is 0.129. The molecule has 0 saturated carbocycles. The summed E-state index contributed by atoms with van der Waals surface area (Å²) in [7, 11) is 0. The summed E-state index contributed by atoms with van der Waals surface area (Å²) in [5, 5.41) is 30.8. The lowest BCUT2D eigenvalue weighted by Gasteiger charge is -2.36. The van der Waals surface area contributed by atoms with E-state index in [4.69, 9.17) is 0 Å². The van der Waals surface area contributed by atoms with Gasteiger partial charge in [-0.25, -0.2) is 4.79 Å². The topological polar surface area (TPSA) is 150 Å². The van der Waals surface area contributed by atoms with Gasteiger partial charge in [0.25, 0.3) is 0 Å². The van der Waals surface area contributed by atoms with Gasteiger partial charge in [0, 0.05) is 75.7 Å². The molecule has 0 aromatic rings. The Bertz CT molecular complexity index is 866. The average molecular weight is 639 g/mol. The molecule has 0 spiro atoms. The first-order valence-corrected chi connectivity index (χ1v) is 18.3. The highest BCUT2D eigenvalue weighted by molar-refractivity contribution is 8.00. The summed E-state index contributed by atoms with van der Waals surface area (Å²) in [6.45, 7) is 8.81. The third kappa shape index (κ3) is 12.3. The van der Waals surface area contributed by atoms with Crippen molar-refractivity contribution in [2.75, 3.05) is 77.7 Å². The Morgan fingerprint density at radius 2 is 1.59 bits per heavy atom. The molecule has 12 nitrogen and oxygen atoms in total. The fourth-order valence-electron chi connectivity index (χ4n) is 6.87. The largest absolute Gasteiger partial charge is 0.390 e. The van der Waals surface area contributed by atoms with E-state index >= 15 is 0 Å². The van der Waals surface area contributed by atoms with Crippen LogP contribution in [0.4, 0.5) is 4.79 Å². The maximum absolute atomic E-state index is 13.1. The van der Waals surface area contributed by atoms with Gasteiger partial charge in [0.05, 0.1) is 18.2 Å². The molecule has 13 heteroatoms. The summed E-state index contributed by atoms with van der Waals surface area (Å²) in [5.41, 5.74) is 0. The number of nitrogens with one attached hydrogen (secondary N) is 6. The van der Waals surface area contributed by atoms with E-state index in [0.717, 1.165) is 103 Å². The number of fused-ring (bicyclic) bond motifs is 1. The van der Waals surface area contributed by atoms with Gasteiger partial charge >= 0.3 is 6.03 Å². The number of nitrogens with zero attached hydrogens (tertiary/aromatic N) is 2. The molecule has 0 aromatic heterocycles. The first-order valence-electron chi connectivity index (χ1n) is 17.3. The number of thioether (sulfide) groups is 1. The molecule has 0 bridgehead atoms. The standard InChI is InChI=1S/C31H58N8O4S/c40-26(22-38-17-7-1-5-11-32-15-19-38)25(39-18-8-2-6-12-33-16-20-39)21-29(42)35-14-13-34-28(41)10-4-3-9-27-30-24(23-44-27)36-31(43)37-30/h24-27,30,32-33,40H,1-23H2,(H,34,41)(H,35,42)(H2,36,37,43)/t24-,25?,26?,27-,30-/m1/s1. The zero-order chi connectivity index (χ0) is 31.0. The van der Waals surface area contributed by atoms with Gasteiger partial charge in [0.15, 0.2) is 0 Å². The van der Waals surface area contributed by atoms with Crippen molar-refractivity contribution in [1.29, 1.82) is 0 Å². The van der Waals surface area contributed by atoms with Crippen LogP contribution in [-0.4, -0.2) is 140 Å². The van der Waals surface area contributed by atoms with Gasteiger partial charge in [-0.1, -0.05) is 19.3 Å². The van der Waals surface area contributed by atoms with E-state index in [2.05, 4.69) is 41.7 Å². The number of aliphatic hydroxyl groups excluding tert-OH is 1. The number of carbonyl (C=O) groups excluding carboxylic acids is 3. The van der Waals surface area contributed by atoms with Crippen LogP contribution in [0.15, 0.2) is 0 Å². The molecular weight excluding hydrogens is 580 g/mol. The zero-order valence-corrected chi connectivity index (χ0v) is 27.4. The molecule has 252 valence electrons. The third-order valence-electron chi connectivity index (χ3n) is 9.41. The van der Waals surface area contributed by atoms with Gasteiger partial charge in [-0.05, 0) is 64.7 Å².